The standard InChI is InChI=1S/C54H36/c1-4-17-37(18-5-1)44-34-42-31-32-43(54-49-29-14-12-27-47(49)53(39-21-8-3-9-22-39)48-28-13-15-30-50(48)54)35-51(42)52(36-44)41-24-16-23-40(33-41)46-26-11-10-25-45(46)38-19-6-2-7-20-38/h1-36H. The van der Waals surface area contributed by atoms with Gasteiger partial charge in [0.1, 0.15) is 0 Å². The molecule has 0 heterocycles. The minimum Gasteiger partial charge on any atom is -0.0622 e. The van der Waals surface area contributed by atoms with Crippen molar-refractivity contribution in [1.29, 1.82) is 0 Å². The summed E-state index contributed by atoms with van der Waals surface area (Å²) in [6.45, 7) is 0. The first-order valence-corrected chi connectivity index (χ1v) is 18.7. The van der Waals surface area contributed by atoms with Crippen molar-refractivity contribution < 1.29 is 0 Å². The molecule has 10 aromatic rings. The molecule has 0 aliphatic rings. The smallest absolute Gasteiger partial charge is 0.00261 e. The fraction of sp³-hybridized carbons (Fsp3) is 0. The molecule has 10 rings (SSSR count). The normalized spacial score (nSPS) is 11.3. The van der Waals surface area contributed by atoms with Gasteiger partial charge in [0.05, 0.1) is 0 Å². The highest BCUT2D eigenvalue weighted by molar-refractivity contribution is 6.22. The summed E-state index contributed by atoms with van der Waals surface area (Å²) < 4.78 is 0. The molecule has 0 aliphatic heterocycles. The Morgan fingerprint density at radius 3 is 1.22 bits per heavy atom. The molecule has 0 saturated heterocycles. The van der Waals surface area contributed by atoms with Crippen LogP contribution in [0.25, 0.3) is 99.1 Å². The minimum absolute atomic E-state index is 1.20. The lowest BCUT2D eigenvalue weighted by molar-refractivity contribution is 1.57. The predicted molar refractivity (Wildman–Crippen MR) is 232 cm³/mol. The molecule has 0 atom stereocenters. The minimum atomic E-state index is 1.20. The third-order valence-corrected chi connectivity index (χ3v) is 10.8. The van der Waals surface area contributed by atoms with Crippen molar-refractivity contribution in [3.8, 4) is 66.8 Å². The Morgan fingerprint density at radius 2 is 0.630 bits per heavy atom. The molecule has 0 bridgehead atoms. The van der Waals surface area contributed by atoms with E-state index in [2.05, 4.69) is 218 Å². The molecule has 0 saturated carbocycles. The SMILES string of the molecule is c1ccc(-c2cc(-c3cccc(-c4ccccc4-c4ccccc4)c3)c3cc(-c4c5ccccc5c(-c5ccccc5)c5ccccc45)ccc3c2)cc1. The van der Waals surface area contributed by atoms with Crippen LogP contribution in [0.3, 0.4) is 0 Å². The van der Waals surface area contributed by atoms with E-state index in [4.69, 9.17) is 0 Å². The molecule has 0 spiro atoms. The monoisotopic (exact) mass is 684 g/mol. The Morgan fingerprint density at radius 1 is 0.185 bits per heavy atom. The zero-order chi connectivity index (χ0) is 35.8. The largest absolute Gasteiger partial charge is 0.0622 e. The van der Waals surface area contributed by atoms with Crippen LogP contribution in [-0.4, -0.2) is 0 Å². The number of rotatable bonds is 6. The van der Waals surface area contributed by atoms with E-state index in [9.17, 15) is 0 Å². The second-order valence-corrected chi connectivity index (χ2v) is 14.0. The van der Waals surface area contributed by atoms with Gasteiger partial charge in [-0.1, -0.05) is 194 Å². The van der Waals surface area contributed by atoms with Crippen LogP contribution >= 0.6 is 0 Å². The second-order valence-electron chi connectivity index (χ2n) is 14.0. The van der Waals surface area contributed by atoms with Crippen molar-refractivity contribution >= 4 is 32.3 Å². The number of hydrogen-bond donors (Lipinski definition) is 0. The van der Waals surface area contributed by atoms with E-state index in [1.165, 1.54) is 99.1 Å². The van der Waals surface area contributed by atoms with Gasteiger partial charge in [0.25, 0.3) is 0 Å². The number of benzene rings is 10. The maximum Gasteiger partial charge on any atom is -0.00261 e. The number of hydrogen-bond acceptors (Lipinski definition) is 0. The topological polar surface area (TPSA) is 0 Å². The Kier molecular flexibility index (Phi) is 7.93. The predicted octanol–water partition coefficient (Wildman–Crippen LogP) is 15.1. The third-order valence-electron chi connectivity index (χ3n) is 10.8. The van der Waals surface area contributed by atoms with Crippen molar-refractivity contribution in [2.45, 2.75) is 0 Å². The van der Waals surface area contributed by atoms with Crippen LogP contribution in [0.1, 0.15) is 0 Å². The summed E-state index contributed by atoms with van der Waals surface area (Å²) in [5.41, 5.74) is 14.7. The fourth-order valence-electron chi connectivity index (χ4n) is 8.36. The van der Waals surface area contributed by atoms with Crippen molar-refractivity contribution in [1.82, 2.24) is 0 Å². The van der Waals surface area contributed by atoms with E-state index < -0.39 is 0 Å². The molecule has 0 nitrogen and oxygen atoms in total. The Labute approximate surface area is 316 Å². The quantitative estimate of drug-likeness (QED) is 0.153. The van der Waals surface area contributed by atoms with Gasteiger partial charge < -0.3 is 0 Å². The summed E-state index contributed by atoms with van der Waals surface area (Å²) in [5, 5.41) is 7.51. The molecule has 0 aromatic heterocycles. The van der Waals surface area contributed by atoms with Crippen molar-refractivity contribution in [2.24, 2.45) is 0 Å². The Hall–Kier alpha value is -7.02. The van der Waals surface area contributed by atoms with Gasteiger partial charge in [-0.15, -0.1) is 0 Å². The molecule has 10 aromatic carbocycles. The summed E-state index contributed by atoms with van der Waals surface area (Å²) in [7, 11) is 0. The fourth-order valence-corrected chi connectivity index (χ4v) is 8.36. The van der Waals surface area contributed by atoms with Crippen LogP contribution in [0, 0.1) is 0 Å². The second kappa shape index (κ2) is 13.5. The molecule has 0 amide bonds. The van der Waals surface area contributed by atoms with Crippen molar-refractivity contribution in [3.05, 3.63) is 218 Å². The summed E-state index contributed by atoms with van der Waals surface area (Å²) in [6.07, 6.45) is 0. The zero-order valence-electron chi connectivity index (χ0n) is 29.8. The molecule has 252 valence electrons. The highest BCUT2D eigenvalue weighted by Crippen LogP contribution is 2.45. The van der Waals surface area contributed by atoms with Gasteiger partial charge in [-0.3, -0.25) is 0 Å². The van der Waals surface area contributed by atoms with Gasteiger partial charge in [-0.2, -0.15) is 0 Å². The molecule has 0 aliphatic carbocycles. The summed E-state index contributed by atoms with van der Waals surface area (Å²) in [6, 6.07) is 79.8. The van der Waals surface area contributed by atoms with E-state index in [-0.39, 0.29) is 0 Å². The lowest BCUT2D eigenvalue weighted by Crippen LogP contribution is -1.92. The lowest BCUT2D eigenvalue weighted by atomic mass is 9.84. The van der Waals surface area contributed by atoms with Crippen LogP contribution in [0.2, 0.25) is 0 Å². The molecular formula is C54H36. The van der Waals surface area contributed by atoms with Gasteiger partial charge in [0.2, 0.25) is 0 Å². The van der Waals surface area contributed by atoms with Gasteiger partial charge in [-0.25, -0.2) is 0 Å². The summed E-state index contributed by atoms with van der Waals surface area (Å²) in [5.74, 6) is 0. The molecule has 0 unspecified atom stereocenters. The highest BCUT2D eigenvalue weighted by Gasteiger charge is 2.18. The van der Waals surface area contributed by atoms with E-state index >= 15 is 0 Å². The Bertz CT molecular complexity index is 2900. The van der Waals surface area contributed by atoms with Gasteiger partial charge in [-0.05, 0) is 123 Å². The van der Waals surface area contributed by atoms with Crippen LogP contribution in [0.5, 0.6) is 0 Å². The Balaban J connectivity index is 1.22. The average Bonchev–Trinajstić information content (AvgIpc) is 3.26. The maximum atomic E-state index is 2.43. The first-order valence-electron chi connectivity index (χ1n) is 18.7. The molecule has 0 fully saturated rings. The lowest BCUT2D eigenvalue weighted by Gasteiger charge is -2.19. The summed E-state index contributed by atoms with van der Waals surface area (Å²) >= 11 is 0. The van der Waals surface area contributed by atoms with Crippen LogP contribution in [0.15, 0.2) is 218 Å². The first kappa shape index (κ1) is 31.7. The van der Waals surface area contributed by atoms with E-state index in [0.29, 0.717) is 0 Å². The molecule has 0 N–H and O–H groups in total. The van der Waals surface area contributed by atoms with Gasteiger partial charge >= 0.3 is 0 Å². The number of fused-ring (bicyclic) bond motifs is 3. The molecule has 0 heteroatoms. The molecule has 54 heavy (non-hydrogen) atoms. The zero-order valence-corrected chi connectivity index (χ0v) is 29.8. The van der Waals surface area contributed by atoms with E-state index in [0.717, 1.165) is 0 Å². The molecular weight excluding hydrogens is 649 g/mol. The van der Waals surface area contributed by atoms with Crippen molar-refractivity contribution in [2.75, 3.05) is 0 Å². The van der Waals surface area contributed by atoms with Crippen LogP contribution < -0.4 is 0 Å². The van der Waals surface area contributed by atoms with Gasteiger partial charge in [0.15, 0.2) is 0 Å². The van der Waals surface area contributed by atoms with Crippen LogP contribution in [0.4, 0.5) is 0 Å². The van der Waals surface area contributed by atoms with Crippen molar-refractivity contribution in [3.63, 3.8) is 0 Å². The van der Waals surface area contributed by atoms with E-state index in [1.54, 1.807) is 0 Å². The third kappa shape index (κ3) is 5.57. The van der Waals surface area contributed by atoms with Crippen LogP contribution in [-0.2, 0) is 0 Å². The maximum absolute atomic E-state index is 2.43. The van der Waals surface area contributed by atoms with Gasteiger partial charge in [0, 0.05) is 0 Å². The average molecular weight is 685 g/mol. The molecule has 0 radical (unpaired) electrons. The highest BCUT2D eigenvalue weighted by atomic mass is 14.2. The summed E-state index contributed by atoms with van der Waals surface area (Å²) in [4.78, 5) is 0. The first-order chi connectivity index (χ1) is 26.8. The van der Waals surface area contributed by atoms with E-state index in [1.807, 2.05) is 0 Å².